The smallest absolute Gasteiger partial charge is 0.251 e. The van der Waals surface area contributed by atoms with E-state index in [0.717, 1.165) is 62.5 Å². The largest absolute Gasteiger partial charge is 0.378 e. The molecule has 0 unspecified atom stereocenters. The van der Waals surface area contributed by atoms with Crippen molar-refractivity contribution in [3.63, 3.8) is 0 Å². The summed E-state index contributed by atoms with van der Waals surface area (Å²) in [5.74, 6) is 0.886. The minimum atomic E-state index is -0.0421. The number of nitrogens with two attached hydrogens (primary N) is 1. The number of fused-ring (bicyclic) bond motifs is 1. The van der Waals surface area contributed by atoms with Gasteiger partial charge in [0.05, 0.1) is 24.2 Å². The number of hydrogen-bond acceptors (Lipinski definition) is 5. The number of anilines is 1. The highest BCUT2D eigenvalue weighted by molar-refractivity contribution is 5.97. The van der Waals surface area contributed by atoms with Crippen molar-refractivity contribution in [2.45, 2.75) is 31.3 Å². The van der Waals surface area contributed by atoms with E-state index in [9.17, 15) is 4.79 Å². The fourth-order valence-electron chi connectivity index (χ4n) is 3.79. The Morgan fingerprint density at radius 2 is 2.12 bits per heavy atom. The third-order valence-electron chi connectivity index (χ3n) is 5.22. The zero-order valence-corrected chi connectivity index (χ0v) is 14.6. The van der Waals surface area contributed by atoms with E-state index in [1.807, 2.05) is 25.2 Å². The van der Waals surface area contributed by atoms with E-state index in [2.05, 4.69) is 14.8 Å². The highest BCUT2D eigenvalue weighted by Gasteiger charge is 2.24. The van der Waals surface area contributed by atoms with Gasteiger partial charge in [-0.2, -0.15) is 0 Å². The lowest BCUT2D eigenvalue weighted by molar-refractivity contribution is 0.0938. The van der Waals surface area contributed by atoms with Gasteiger partial charge >= 0.3 is 0 Å². The van der Waals surface area contributed by atoms with E-state index in [4.69, 9.17) is 15.5 Å². The molecule has 1 saturated heterocycles. The molecule has 25 heavy (non-hydrogen) atoms. The van der Waals surface area contributed by atoms with Crippen LogP contribution in [0.3, 0.4) is 0 Å². The lowest BCUT2D eigenvalue weighted by atomic mass is 10.1. The number of rotatable bonds is 3. The van der Waals surface area contributed by atoms with Gasteiger partial charge in [0.2, 0.25) is 5.95 Å². The van der Waals surface area contributed by atoms with Crippen molar-refractivity contribution in [1.29, 1.82) is 0 Å². The number of imidazole rings is 1. The predicted molar refractivity (Wildman–Crippen MR) is 96.8 cm³/mol. The number of ether oxygens (including phenoxy) is 1. The van der Waals surface area contributed by atoms with Crippen molar-refractivity contribution < 1.29 is 9.53 Å². The molecule has 1 aliphatic carbocycles. The summed E-state index contributed by atoms with van der Waals surface area (Å²) >= 11 is 0. The first-order valence-electron chi connectivity index (χ1n) is 8.97. The topological polar surface area (TPSA) is 85.4 Å². The van der Waals surface area contributed by atoms with E-state index in [1.165, 1.54) is 0 Å². The van der Waals surface area contributed by atoms with Gasteiger partial charge in [0.25, 0.3) is 5.91 Å². The van der Waals surface area contributed by atoms with Crippen LogP contribution in [0.25, 0.3) is 11.0 Å². The van der Waals surface area contributed by atoms with Crippen molar-refractivity contribution in [2.24, 2.45) is 12.8 Å². The molecule has 0 radical (unpaired) electrons. The molecule has 1 saturated carbocycles. The van der Waals surface area contributed by atoms with Gasteiger partial charge in [-0.25, -0.2) is 4.98 Å². The Kier molecular flexibility index (Phi) is 4.35. The summed E-state index contributed by atoms with van der Waals surface area (Å²) in [4.78, 5) is 19.5. The maximum absolute atomic E-state index is 12.5. The molecule has 2 aliphatic rings. The van der Waals surface area contributed by atoms with Crippen molar-refractivity contribution in [1.82, 2.24) is 14.9 Å². The van der Waals surface area contributed by atoms with Crippen LogP contribution in [-0.2, 0) is 11.8 Å². The van der Waals surface area contributed by atoms with Crippen LogP contribution in [0.4, 0.5) is 5.95 Å². The maximum atomic E-state index is 12.5. The van der Waals surface area contributed by atoms with Crippen molar-refractivity contribution in [2.75, 3.05) is 31.2 Å². The minimum Gasteiger partial charge on any atom is -0.378 e. The molecule has 7 nitrogen and oxygen atoms in total. The Morgan fingerprint density at radius 3 is 2.84 bits per heavy atom. The molecule has 3 N–H and O–H groups in total. The van der Waals surface area contributed by atoms with Crippen molar-refractivity contribution in [3.8, 4) is 0 Å². The molecule has 2 atom stereocenters. The first kappa shape index (κ1) is 16.4. The lowest BCUT2D eigenvalue weighted by Crippen LogP contribution is -2.37. The van der Waals surface area contributed by atoms with E-state index in [-0.39, 0.29) is 18.0 Å². The summed E-state index contributed by atoms with van der Waals surface area (Å²) in [6, 6.07) is 6.12. The van der Waals surface area contributed by atoms with Gasteiger partial charge in [0.1, 0.15) is 0 Å². The minimum absolute atomic E-state index is 0.0421. The Morgan fingerprint density at radius 1 is 1.32 bits per heavy atom. The molecule has 1 amide bonds. The van der Waals surface area contributed by atoms with E-state index in [1.54, 1.807) is 0 Å². The molecule has 1 aromatic carbocycles. The monoisotopic (exact) mass is 343 g/mol. The summed E-state index contributed by atoms with van der Waals surface area (Å²) in [6.07, 6.45) is 2.80. The average Bonchev–Trinajstić information content (AvgIpc) is 3.18. The third-order valence-corrected chi connectivity index (χ3v) is 5.22. The Bertz CT molecular complexity index is 781. The Hall–Kier alpha value is -2.12. The van der Waals surface area contributed by atoms with Crippen LogP contribution < -0.4 is 16.0 Å². The van der Waals surface area contributed by atoms with Crippen LogP contribution in [0.1, 0.15) is 29.6 Å². The van der Waals surface area contributed by atoms with Crippen LogP contribution in [0, 0.1) is 0 Å². The van der Waals surface area contributed by atoms with Crippen molar-refractivity contribution >= 4 is 22.9 Å². The summed E-state index contributed by atoms with van der Waals surface area (Å²) in [7, 11) is 2.01. The van der Waals surface area contributed by atoms with E-state index >= 15 is 0 Å². The van der Waals surface area contributed by atoms with Crippen LogP contribution in [0.5, 0.6) is 0 Å². The zero-order valence-electron chi connectivity index (χ0n) is 14.6. The predicted octanol–water partition coefficient (Wildman–Crippen LogP) is 1.02. The van der Waals surface area contributed by atoms with Gasteiger partial charge < -0.3 is 25.3 Å². The fourth-order valence-corrected chi connectivity index (χ4v) is 3.79. The first-order valence-corrected chi connectivity index (χ1v) is 8.97. The second-order valence-corrected chi connectivity index (χ2v) is 7.02. The normalized spacial score (nSPS) is 24.0. The van der Waals surface area contributed by atoms with Crippen molar-refractivity contribution in [3.05, 3.63) is 23.8 Å². The van der Waals surface area contributed by atoms with Crippen LogP contribution in [0.15, 0.2) is 18.2 Å². The number of nitrogens with zero attached hydrogens (tertiary/aromatic N) is 3. The number of aryl methyl sites for hydroxylation is 1. The Labute approximate surface area is 147 Å². The molecule has 2 heterocycles. The summed E-state index contributed by atoms with van der Waals surface area (Å²) in [5.41, 5.74) is 8.45. The first-order chi connectivity index (χ1) is 12.1. The molecular formula is C18H25N5O2. The van der Waals surface area contributed by atoms with Gasteiger partial charge in [-0.05, 0) is 37.5 Å². The molecule has 1 aromatic heterocycles. The van der Waals surface area contributed by atoms with E-state index < -0.39 is 0 Å². The van der Waals surface area contributed by atoms with Gasteiger partial charge in [0.15, 0.2) is 0 Å². The van der Waals surface area contributed by atoms with Crippen LogP contribution in [0.2, 0.25) is 0 Å². The highest BCUT2D eigenvalue weighted by Crippen LogP contribution is 2.24. The fraction of sp³-hybridized carbons (Fsp3) is 0.556. The third kappa shape index (κ3) is 3.21. The molecule has 4 rings (SSSR count). The molecule has 2 aromatic rings. The zero-order chi connectivity index (χ0) is 17.4. The number of amides is 1. The van der Waals surface area contributed by atoms with Crippen LogP contribution in [-0.4, -0.2) is 53.8 Å². The maximum Gasteiger partial charge on any atom is 0.251 e. The molecule has 2 fully saturated rings. The van der Waals surface area contributed by atoms with Crippen LogP contribution >= 0.6 is 0 Å². The van der Waals surface area contributed by atoms with E-state index in [0.29, 0.717) is 5.56 Å². The number of carbonyl (C=O) groups excluding carboxylic acids is 1. The summed E-state index contributed by atoms with van der Waals surface area (Å²) in [6.45, 7) is 3.12. The quantitative estimate of drug-likeness (QED) is 0.869. The number of carbonyl (C=O) groups is 1. The Balaban J connectivity index is 1.56. The summed E-state index contributed by atoms with van der Waals surface area (Å²) < 4.78 is 7.50. The number of hydrogen-bond donors (Lipinski definition) is 2. The van der Waals surface area contributed by atoms with Gasteiger partial charge in [-0.3, -0.25) is 4.79 Å². The summed E-state index contributed by atoms with van der Waals surface area (Å²) in [5, 5.41) is 3.09. The number of benzene rings is 1. The molecular weight excluding hydrogens is 318 g/mol. The lowest BCUT2D eigenvalue weighted by Gasteiger charge is -2.27. The van der Waals surface area contributed by atoms with Gasteiger partial charge in [-0.15, -0.1) is 0 Å². The second-order valence-electron chi connectivity index (χ2n) is 7.02. The van der Waals surface area contributed by atoms with Gasteiger partial charge in [0, 0.05) is 37.8 Å². The highest BCUT2D eigenvalue weighted by atomic mass is 16.5. The second kappa shape index (κ2) is 6.65. The SMILES string of the molecule is Cn1c(N2CCOCC2)nc2cc(C(=O)N[C@@H]3CC[C@@H](N)C3)ccc21. The molecule has 0 spiro atoms. The molecule has 134 valence electrons. The standard InChI is InChI=1S/C18H25N5O2/c1-22-16-5-2-12(17(24)20-14-4-3-13(19)11-14)10-15(16)21-18(22)23-6-8-25-9-7-23/h2,5,10,13-14H,3-4,6-9,11,19H2,1H3,(H,20,24)/t13-,14-/m1/s1. The molecule has 1 aliphatic heterocycles. The molecule has 0 bridgehead atoms. The molecule has 7 heteroatoms. The average molecular weight is 343 g/mol. The number of morpholine rings is 1. The number of nitrogens with one attached hydrogen (secondary N) is 1. The number of aromatic nitrogens is 2. The van der Waals surface area contributed by atoms with Gasteiger partial charge in [-0.1, -0.05) is 0 Å².